The smallest absolute Gasteiger partial charge is 0.229 e. The van der Waals surface area contributed by atoms with Gasteiger partial charge in [0.05, 0.1) is 17.8 Å². The van der Waals surface area contributed by atoms with Crippen molar-refractivity contribution in [2.75, 3.05) is 16.9 Å². The van der Waals surface area contributed by atoms with Gasteiger partial charge in [-0.2, -0.15) is 0 Å². The third kappa shape index (κ3) is 4.62. The standard InChI is InChI=1S/C10H14ClN3O2S/c1-7-5-8(14-17(2,15)16)3-4-9(7)13-10(12)6-11/h3-5,14H,6H2,1-2H3,(H2,12,13). The first-order valence-electron chi connectivity index (χ1n) is 4.79. The van der Waals surface area contributed by atoms with Crippen molar-refractivity contribution in [2.24, 2.45) is 10.7 Å². The molecule has 0 atom stereocenters. The zero-order chi connectivity index (χ0) is 13.1. The molecule has 5 nitrogen and oxygen atoms in total. The zero-order valence-corrected chi connectivity index (χ0v) is 11.1. The van der Waals surface area contributed by atoms with E-state index < -0.39 is 10.0 Å². The lowest BCUT2D eigenvalue weighted by atomic mass is 10.2. The van der Waals surface area contributed by atoms with Crippen LogP contribution in [0.25, 0.3) is 0 Å². The number of hydrogen-bond acceptors (Lipinski definition) is 3. The topological polar surface area (TPSA) is 84.5 Å². The van der Waals surface area contributed by atoms with Crippen molar-refractivity contribution < 1.29 is 8.42 Å². The Kier molecular flexibility index (Phi) is 4.36. The number of anilines is 1. The maximum atomic E-state index is 11.0. The van der Waals surface area contributed by atoms with E-state index in [9.17, 15) is 8.42 Å². The molecule has 0 aliphatic heterocycles. The number of halogens is 1. The molecule has 0 amide bonds. The Hall–Kier alpha value is -1.27. The van der Waals surface area contributed by atoms with Crippen molar-refractivity contribution >= 4 is 38.8 Å². The van der Waals surface area contributed by atoms with Crippen LogP contribution in [-0.4, -0.2) is 26.4 Å². The quantitative estimate of drug-likeness (QED) is 0.497. The van der Waals surface area contributed by atoms with Crippen LogP contribution in [0.2, 0.25) is 0 Å². The number of benzene rings is 1. The van der Waals surface area contributed by atoms with E-state index in [2.05, 4.69) is 9.71 Å². The summed E-state index contributed by atoms with van der Waals surface area (Å²) >= 11 is 5.53. The van der Waals surface area contributed by atoms with Crippen LogP contribution in [0.5, 0.6) is 0 Å². The Morgan fingerprint density at radius 3 is 2.65 bits per heavy atom. The van der Waals surface area contributed by atoms with Gasteiger partial charge in [0.25, 0.3) is 0 Å². The van der Waals surface area contributed by atoms with Crippen molar-refractivity contribution in [3.05, 3.63) is 23.8 Å². The summed E-state index contributed by atoms with van der Waals surface area (Å²) in [5.74, 6) is 0.474. The van der Waals surface area contributed by atoms with Crippen LogP contribution < -0.4 is 10.5 Å². The molecule has 17 heavy (non-hydrogen) atoms. The van der Waals surface area contributed by atoms with Crippen LogP contribution in [-0.2, 0) is 10.0 Å². The first-order chi connectivity index (χ1) is 7.81. The van der Waals surface area contributed by atoms with Crippen LogP contribution in [0.4, 0.5) is 11.4 Å². The van der Waals surface area contributed by atoms with Gasteiger partial charge in [0.2, 0.25) is 10.0 Å². The summed E-state index contributed by atoms with van der Waals surface area (Å²) in [6, 6.07) is 4.98. The van der Waals surface area contributed by atoms with Gasteiger partial charge in [-0.25, -0.2) is 13.4 Å². The Bertz CT molecular complexity index is 540. The van der Waals surface area contributed by atoms with Gasteiger partial charge in [0.1, 0.15) is 5.84 Å². The number of nitrogens with zero attached hydrogens (tertiary/aromatic N) is 1. The fourth-order valence-electron chi connectivity index (χ4n) is 1.24. The minimum absolute atomic E-state index is 0.156. The van der Waals surface area contributed by atoms with E-state index in [1.54, 1.807) is 18.2 Å². The highest BCUT2D eigenvalue weighted by molar-refractivity contribution is 7.92. The Balaban J connectivity index is 3.02. The van der Waals surface area contributed by atoms with Crippen LogP contribution in [0, 0.1) is 6.92 Å². The minimum atomic E-state index is -3.27. The molecular weight excluding hydrogens is 262 g/mol. The molecule has 94 valence electrons. The summed E-state index contributed by atoms with van der Waals surface area (Å²) in [6.07, 6.45) is 1.10. The molecule has 0 saturated heterocycles. The summed E-state index contributed by atoms with van der Waals surface area (Å²) in [4.78, 5) is 4.10. The molecule has 0 fully saturated rings. The predicted octanol–water partition coefficient (Wildman–Crippen LogP) is 1.59. The number of aliphatic imine (C=N–C) groups is 1. The average Bonchev–Trinajstić information content (AvgIpc) is 2.19. The van der Waals surface area contributed by atoms with Crippen molar-refractivity contribution in [3.63, 3.8) is 0 Å². The van der Waals surface area contributed by atoms with Gasteiger partial charge in [-0.15, -0.1) is 11.6 Å². The van der Waals surface area contributed by atoms with Gasteiger partial charge in [-0.05, 0) is 30.7 Å². The van der Waals surface area contributed by atoms with Gasteiger partial charge in [-0.3, -0.25) is 4.72 Å². The number of nitrogens with two attached hydrogens (primary N) is 1. The number of alkyl halides is 1. The fraction of sp³-hybridized carbons (Fsp3) is 0.300. The van der Waals surface area contributed by atoms with Crippen molar-refractivity contribution in [3.8, 4) is 0 Å². The number of aryl methyl sites for hydroxylation is 1. The molecule has 0 aliphatic carbocycles. The second-order valence-corrected chi connectivity index (χ2v) is 5.63. The molecule has 1 aromatic rings. The van der Waals surface area contributed by atoms with Crippen molar-refractivity contribution in [1.29, 1.82) is 0 Å². The molecule has 3 N–H and O–H groups in total. The maximum absolute atomic E-state index is 11.0. The Morgan fingerprint density at radius 2 is 2.18 bits per heavy atom. The number of sulfonamides is 1. The zero-order valence-electron chi connectivity index (χ0n) is 9.57. The van der Waals surface area contributed by atoms with E-state index in [-0.39, 0.29) is 5.88 Å². The lowest BCUT2D eigenvalue weighted by molar-refractivity contribution is 0.607. The molecule has 7 heteroatoms. The lowest BCUT2D eigenvalue weighted by Gasteiger charge is -2.07. The highest BCUT2D eigenvalue weighted by Gasteiger charge is 2.04. The molecule has 0 unspecified atom stereocenters. The third-order valence-corrected chi connectivity index (χ3v) is 2.78. The fourth-order valence-corrected chi connectivity index (χ4v) is 1.86. The van der Waals surface area contributed by atoms with Gasteiger partial charge in [-0.1, -0.05) is 0 Å². The molecule has 1 rings (SSSR count). The molecule has 0 saturated carbocycles. The number of hydrogen-bond donors (Lipinski definition) is 2. The monoisotopic (exact) mass is 275 g/mol. The van der Waals surface area contributed by atoms with Crippen molar-refractivity contribution in [2.45, 2.75) is 6.92 Å². The number of rotatable bonds is 4. The van der Waals surface area contributed by atoms with Gasteiger partial charge < -0.3 is 5.73 Å². The molecule has 0 aromatic heterocycles. The molecule has 0 heterocycles. The SMILES string of the molecule is Cc1cc(NS(C)(=O)=O)ccc1N=C(N)CCl. The first kappa shape index (κ1) is 13.8. The summed E-state index contributed by atoms with van der Waals surface area (Å²) in [7, 11) is -3.27. The van der Waals surface area contributed by atoms with Gasteiger partial charge in [0, 0.05) is 5.69 Å². The van der Waals surface area contributed by atoms with E-state index in [0.717, 1.165) is 11.8 Å². The molecule has 0 bridgehead atoms. The highest BCUT2D eigenvalue weighted by atomic mass is 35.5. The molecular formula is C10H14ClN3O2S. The summed E-state index contributed by atoms with van der Waals surface area (Å²) in [6.45, 7) is 1.81. The number of nitrogens with one attached hydrogen (secondary N) is 1. The van der Waals surface area contributed by atoms with E-state index in [1.165, 1.54) is 0 Å². The van der Waals surface area contributed by atoms with Crippen LogP contribution >= 0.6 is 11.6 Å². The molecule has 1 aromatic carbocycles. The van der Waals surface area contributed by atoms with Crippen LogP contribution in [0.3, 0.4) is 0 Å². The summed E-state index contributed by atoms with van der Waals surface area (Å²) < 4.78 is 24.5. The predicted molar refractivity (Wildman–Crippen MR) is 71.6 cm³/mol. The Morgan fingerprint density at radius 1 is 1.53 bits per heavy atom. The molecule has 0 spiro atoms. The van der Waals surface area contributed by atoms with E-state index in [0.29, 0.717) is 17.2 Å². The maximum Gasteiger partial charge on any atom is 0.229 e. The highest BCUT2D eigenvalue weighted by Crippen LogP contribution is 2.22. The summed E-state index contributed by atoms with van der Waals surface area (Å²) in [5.41, 5.74) is 7.49. The third-order valence-electron chi connectivity index (χ3n) is 1.90. The average molecular weight is 276 g/mol. The molecule has 0 radical (unpaired) electrons. The number of amidine groups is 1. The normalized spacial score (nSPS) is 12.5. The Labute approximate surface area is 106 Å². The second kappa shape index (κ2) is 5.37. The van der Waals surface area contributed by atoms with Crippen molar-refractivity contribution in [1.82, 2.24) is 0 Å². The first-order valence-corrected chi connectivity index (χ1v) is 7.22. The molecule has 0 aliphatic rings. The van der Waals surface area contributed by atoms with E-state index in [1.807, 2.05) is 6.92 Å². The van der Waals surface area contributed by atoms with Gasteiger partial charge in [0.15, 0.2) is 0 Å². The van der Waals surface area contributed by atoms with Crippen LogP contribution in [0.15, 0.2) is 23.2 Å². The van der Waals surface area contributed by atoms with E-state index in [4.69, 9.17) is 17.3 Å². The van der Waals surface area contributed by atoms with Gasteiger partial charge >= 0.3 is 0 Å². The minimum Gasteiger partial charge on any atom is -0.386 e. The summed E-state index contributed by atoms with van der Waals surface area (Å²) in [5, 5.41) is 0. The van der Waals surface area contributed by atoms with E-state index >= 15 is 0 Å². The van der Waals surface area contributed by atoms with Crippen LogP contribution in [0.1, 0.15) is 5.56 Å². The second-order valence-electron chi connectivity index (χ2n) is 3.61. The largest absolute Gasteiger partial charge is 0.386 e. The lowest BCUT2D eigenvalue weighted by Crippen LogP contribution is -2.12.